The van der Waals surface area contributed by atoms with Crippen LogP contribution in [0.4, 0.5) is 11.4 Å². The first-order valence-electron chi connectivity index (χ1n) is 6.59. The van der Waals surface area contributed by atoms with Gasteiger partial charge in [-0.2, -0.15) is 0 Å². The monoisotopic (exact) mass is 267 g/mol. The number of anilines is 2. The smallest absolute Gasteiger partial charge is 0.255 e. The molecule has 0 bridgehead atoms. The summed E-state index contributed by atoms with van der Waals surface area (Å²) in [5.41, 5.74) is 10.3. The lowest BCUT2D eigenvalue weighted by atomic mass is 10.1. The van der Waals surface area contributed by atoms with Crippen LogP contribution >= 0.6 is 0 Å². The lowest BCUT2D eigenvalue weighted by molar-refractivity contribution is 0.102. The molecule has 1 amide bonds. The summed E-state index contributed by atoms with van der Waals surface area (Å²) in [4.78, 5) is 14.5. The minimum atomic E-state index is -0.104. The van der Waals surface area contributed by atoms with Crippen molar-refractivity contribution >= 4 is 17.3 Å². The summed E-state index contributed by atoms with van der Waals surface area (Å²) in [5.74, 6) is -0.104. The molecular formula is C16H17N3O. The van der Waals surface area contributed by atoms with Crippen LogP contribution in [0.5, 0.6) is 0 Å². The summed E-state index contributed by atoms with van der Waals surface area (Å²) in [6, 6.07) is 13.0. The molecule has 4 nitrogen and oxygen atoms in total. The molecule has 3 rings (SSSR count). The minimum Gasteiger partial charge on any atom is -0.399 e. The fraction of sp³-hybridized carbons (Fsp3) is 0.188. The number of carbonyl (C=O) groups is 1. The maximum Gasteiger partial charge on any atom is 0.255 e. The molecule has 0 radical (unpaired) electrons. The largest absolute Gasteiger partial charge is 0.399 e. The molecule has 1 aliphatic heterocycles. The molecule has 2 aromatic carbocycles. The summed E-state index contributed by atoms with van der Waals surface area (Å²) < 4.78 is 0. The number of hydrogen-bond acceptors (Lipinski definition) is 3. The van der Waals surface area contributed by atoms with Gasteiger partial charge in [-0.3, -0.25) is 9.69 Å². The van der Waals surface area contributed by atoms with Crippen molar-refractivity contribution in [1.29, 1.82) is 0 Å². The third-order valence-corrected chi connectivity index (χ3v) is 3.56. The van der Waals surface area contributed by atoms with Gasteiger partial charge in [-0.1, -0.05) is 12.1 Å². The van der Waals surface area contributed by atoms with E-state index in [0.717, 1.165) is 18.8 Å². The molecular weight excluding hydrogens is 250 g/mol. The maximum absolute atomic E-state index is 12.2. The van der Waals surface area contributed by atoms with Gasteiger partial charge in [0.25, 0.3) is 5.91 Å². The summed E-state index contributed by atoms with van der Waals surface area (Å²) in [7, 11) is 2.07. The van der Waals surface area contributed by atoms with E-state index >= 15 is 0 Å². The molecule has 0 aliphatic carbocycles. The van der Waals surface area contributed by atoms with Crippen LogP contribution < -0.4 is 11.1 Å². The number of benzene rings is 2. The Morgan fingerprint density at radius 3 is 2.65 bits per heavy atom. The summed E-state index contributed by atoms with van der Waals surface area (Å²) in [6.45, 7) is 1.80. The maximum atomic E-state index is 12.2. The number of nitrogens with two attached hydrogens (primary N) is 1. The number of amides is 1. The van der Waals surface area contributed by atoms with Crippen LogP contribution in [0.15, 0.2) is 42.5 Å². The first-order valence-corrected chi connectivity index (χ1v) is 6.59. The molecule has 1 aliphatic rings. The predicted molar refractivity (Wildman–Crippen MR) is 80.4 cm³/mol. The van der Waals surface area contributed by atoms with Gasteiger partial charge in [0, 0.05) is 30.0 Å². The molecule has 1 heterocycles. The fourth-order valence-corrected chi connectivity index (χ4v) is 2.53. The normalized spacial score (nSPS) is 14.1. The van der Waals surface area contributed by atoms with E-state index in [1.165, 1.54) is 11.1 Å². The highest BCUT2D eigenvalue weighted by Crippen LogP contribution is 2.28. The third kappa shape index (κ3) is 2.38. The SMILES string of the molecule is CN1Cc2cccc(NC(=O)c3ccc(N)cc3)c2C1. The van der Waals surface area contributed by atoms with Gasteiger partial charge in [0.15, 0.2) is 0 Å². The van der Waals surface area contributed by atoms with E-state index in [1.54, 1.807) is 24.3 Å². The molecule has 102 valence electrons. The van der Waals surface area contributed by atoms with Crippen LogP contribution in [0, 0.1) is 0 Å². The number of nitrogens with zero attached hydrogens (tertiary/aromatic N) is 1. The van der Waals surface area contributed by atoms with Gasteiger partial charge in [-0.05, 0) is 48.5 Å². The number of carbonyl (C=O) groups excluding carboxylic acids is 1. The topological polar surface area (TPSA) is 58.4 Å². The molecule has 0 aromatic heterocycles. The second-order valence-corrected chi connectivity index (χ2v) is 5.19. The summed E-state index contributed by atoms with van der Waals surface area (Å²) >= 11 is 0. The van der Waals surface area contributed by atoms with Crippen molar-refractivity contribution in [3.8, 4) is 0 Å². The van der Waals surface area contributed by atoms with Gasteiger partial charge in [0.05, 0.1) is 0 Å². The number of hydrogen-bond donors (Lipinski definition) is 2. The Balaban J connectivity index is 1.84. The van der Waals surface area contributed by atoms with Gasteiger partial charge < -0.3 is 11.1 Å². The van der Waals surface area contributed by atoms with Crippen molar-refractivity contribution < 1.29 is 4.79 Å². The number of fused-ring (bicyclic) bond motifs is 1. The minimum absolute atomic E-state index is 0.104. The van der Waals surface area contributed by atoms with E-state index in [4.69, 9.17) is 5.73 Å². The van der Waals surface area contributed by atoms with Gasteiger partial charge in [0.2, 0.25) is 0 Å². The standard InChI is InChI=1S/C16H17N3O/c1-19-9-12-3-2-4-15(14(12)10-19)18-16(20)11-5-7-13(17)8-6-11/h2-8H,9-10,17H2,1H3,(H,18,20). The van der Waals surface area contributed by atoms with Crippen LogP contribution in [0.25, 0.3) is 0 Å². The second-order valence-electron chi connectivity index (χ2n) is 5.19. The second kappa shape index (κ2) is 4.98. The van der Waals surface area contributed by atoms with Crippen LogP contribution in [-0.4, -0.2) is 17.9 Å². The lowest BCUT2D eigenvalue weighted by Crippen LogP contribution is -2.14. The van der Waals surface area contributed by atoms with Crippen LogP contribution in [0.2, 0.25) is 0 Å². The van der Waals surface area contributed by atoms with E-state index < -0.39 is 0 Å². The Morgan fingerprint density at radius 2 is 1.90 bits per heavy atom. The van der Waals surface area contributed by atoms with Crippen molar-refractivity contribution in [1.82, 2.24) is 4.90 Å². The number of nitrogen functional groups attached to an aromatic ring is 1. The summed E-state index contributed by atoms with van der Waals surface area (Å²) in [5, 5.41) is 2.99. The molecule has 0 atom stereocenters. The molecule has 3 N–H and O–H groups in total. The van der Waals surface area contributed by atoms with E-state index in [0.29, 0.717) is 11.3 Å². The van der Waals surface area contributed by atoms with Crippen molar-refractivity contribution in [2.24, 2.45) is 0 Å². The first kappa shape index (κ1) is 12.7. The van der Waals surface area contributed by atoms with Crippen molar-refractivity contribution in [3.63, 3.8) is 0 Å². The zero-order chi connectivity index (χ0) is 14.1. The number of nitrogens with one attached hydrogen (secondary N) is 1. The van der Waals surface area contributed by atoms with Gasteiger partial charge in [-0.25, -0.2) is 0 Å². The number of rotatable bonds is 2. The Morgan fingerprint density at radius 1 is 1.15 bits per heavy atom. The van der Waals surface area contributed by atoms with Crippen LogP contribution in [0.3, 0.4) is 0 Å². The molecule has 0 spiro atoms. The molecule has 0 saturated heterocycles. The van der Waals surface area contributed by atoms with Crippen molar-refractivity contribution in [3.05, 3.63) is 59.2 Å². The van der Waals surface area contributed by atoms with Crippen LogP contribution in [0.1, 0.15) is 21.5 Å². The third-order valence-electron chi connectivity index (χ3n) is 3.56. The predicted octanol–water partition coefficient (Wildman–Crippen LogP) is 2.47. The van der Waals surface area contributed by atoms with Crippen LogP contribution in [-0.2, 0) is 13.1 Å². The first-order chi connectivity index (χ1) is 9.63. The van der Waals surface area contributed by atoms with Crippen molar-refractivity contribution in [2.45, 2.75) is 13.1 Å². The zero-order valence-corrected chi connectivity index (χ0v) is 11.4. The van der Waals surface area contributed by atoms with E-state index in [-0.39, 0.29) is 5.91 Å². The Kier molecular flexibility index (Phi) is 3.16. The highest BCUT2D eigenvalue weighted by Gasteiger charge is 2.19. The molecule has 0 saturated carbocycles. The zero-order valence-electron chi connectivity index (χ0n) is 11.4. The molecule has 2 aromatic rings. The summed E-state index contributed by atoms with van der Waals surface area (Å²) in [6.07, 6.45) is 0. The van der Waals surface area contributed by atoms with E-state index in [2.05, 4.69) is 23.3 Å². The molecule has 4 heteroatoms. The molecule has 0 unspecified atom stereocenters. The Hall–Kier alpha value is -2.33. The van der Waals surface area contributed by atoms with E-state index in [9.17, 15) is 4.79 Å². The molecule has 0 fully saturated rings. The highest BCUT2D eigenvalue weighted by molar-refractivity contribution is 6.04. The molecule has 20 heavy (non-hydrogen) atoms. The lowest BCUT2D eigenvalue weighted by Gasteiger charge is -2.10. The Bertz CT molecular complexity index is 649. The Labute approximate surface area is 118 Å². The van der Waals surface area contributed by atoms with Crippen molar-refractivity contribution in [2.75, 3.05) is 18.1 Å². The highest BCUT2D eigenvalue weighted by atomic mass is 16.1. The fourth-order valence-electron chi connectivity index (χ4n) is 2.53. The van der Waals surface area contributed by atoms with E-state index in [1.807, 2.05) is 12.1 Å². The average Bonchev–Trinajstić information content (AvgIpc) is 2.81. The average molecular weight is 267 g/mol. The quantitative estimate of drug-likeness (QED) is 0.822. The van der Waals surface area contributed by atoms with Gasteiger partial charge in [0.1, 0.15) is 0 Å². The van der Waals surface area contributed by atoms with Gasteiger partial charge in [-0.15, -0.1) is 0 Å². The van der Waals surface area contributed by atoms with Gasteiger partial charge >= 0.3 is 0 Å².